The molecule has 1 aromatic carbocycles. The molecule has 1 atom stereocenters. The quantitative estimate of drug-likeness (QED) is 0.850. The van der Waals surface area contributed by atoms with E-state index in [1.54, 1.807) is 24.3 Å². The molecule has 6 nitrogen and oxygen atoms in total. The second kappa shape index (κ2) is 8.87. The number of carbonyl (C=O) groups is 2. The van der Waals surface area contributed by atoms with E-state index in [4.69, 9.17) is 4.74 Å². The number of aromatic nitrogens is 1. The van der Waals surface area contributed by atoms with Crippen LogP contribution in [0, 0.1) is 5.92 Å². The zero-order valence-electron chi connectivity index (χ0n) is 16.6. The van der Waals surface area contributed by atoms with Crippen LogP contribution >= 0.6 is 0 Å². The minimum absolute atomic E-state index is 0.0101. The number of para-hydroxylation sites is 2. The predicted molar refractivity (Wildman–Crippen MR) is 109 cm³/mol. The Kier molecular flexibility index (Phi) is 6.29. The Morgan fingerprint density at radius 1 is 1.25 bits per heavy atom. The summed E-state index contributed by atoms with van der Waals surface area (Å²) in [5.41, 5.74) is 1.26. The van der Waals surface area contributed by atoms with Gasteiger partial charge in [-0.2, -0.15) is 0 Å². The number of carbonyl (C=O) groups excluding carboxylic acids is 2. The Morgan fingerprint density at radius 3 is 2.79 bits per heavy atom. The highest BCUT2D eigenvalue weighted by Gasteiger charge is 2.23. The molecule has 1 fully saturated rings. The van der Waals surface area contributed by atoms with Gasteiger partial charge in [-0.05, 0) is 56.9 Å². The summed E-state index contributed by atoms with van der Waals surface area (Å²) in [5.74, 6) is 0.674. The Labute approximate surface area is 165 Å². The lowest BCUT2D eigenvalue weighted by molar-refractivity contribution is 0.0683. The summed E-state index contributed by atoms with van der Waals surface area (Å²) >= 11 is 0. The van der Waals surface area contributed by atoms with Gasteiger partial charge in [-0.25, -0.2) is 0 Å². The average Bonchev–Trinajstić information content (AvgIpc) is 2.68. The van der Waals surface area contributed by atoms with Crippen molar-refractivity contribution in [3.8, 4) is 5.75 Å². The summed E-state index contributed by atoms with van der Waals surface area (Å²) in [6.45, 7) is 7.52. The minimum Gasteiger partial charge on any atom is -0.489 e. The van der Waals surface area contributed by atoms with Crippen molar-refractivity contribution in [1.29, 1.82) is 0 Å². The Bertz CT molecular complexity index is 850. The summed E-state index contributed by atoms with van der Waals surface area (Å²) in [4.78, 5) is 31.5. The van der Waals surface area contributed by atoms with Gasteiger partial charge in [0.25, 0.3) is 11.8 Å². The third-order valence-electron chi connectivity index (χ3n) is 4.68. The zero-order valence-corrected chi connectivity index (χ0v) is 16.6. The molecule has 3 rings (SSSR count). The molecule has 2 aromatic rings. The number of piperidine rings is 1. The Morgan fingerprint density at radius 2 is 2.04 bits per heavy atom. The first-order chi connectivity index (χ1) is 13.4. The second-order valence-electron chi connectivity index (χ2n) is 7.55. The SMILES string of the molecule is CC1CCCN(C(=O)c2ccnc(C(=O)Nc3ccccc3OC(C)C)c2)C1. The highest BCUT2D eigenvalue weighted by Crippen LogP contribution is 2.25. The van der Waals surface area contributed by atoms with Crippen molar-refractivity contribution >= 4 is 17.5 Å². The summed E-state index contributed by atoms with van der Waals surface area (Å²) in [7, 11) is 0. The van der Waals surface area contributed by atoms with Crippen LogP contribution in [0.15, 0.2) is 42.6 Å². The number of ether oxygens (including phenoxy) is 1. The molecule has 1 aromatic heterocycles. The zero-order chi connectivity index (χ0) is 20.1. The van der Waals surface area contributed by atoms with E-state index in [0.717, 1.165) is 25.9 Å². The van der Waals surface area contributed by atoms with E-state index in [9.17, 15) is 9.59 Å². The number of benzene rings is 1. The molecule has 1 unspecified atom stereocenters. The van der Waals surface area contributed by atoms with Gasteiger partial charge in [0.1, 0.15) is 11.4 Å². The number of anilines is 1. The molecular weight excluding hydrogens is 354 g/mol. The van der Waals surface area contributed by atoms with E-state index in [2.05, 4.69) is 17.2 Å². The Hall–Kier alpha value is -2.89. The molecular formula is C22H27N3O3. The molecule has 28 heavy (non-hydrogen) atoms. The maximum absolute atomic E-state index is 12.8. The molecule has 2 heterocycles. The van der Waals surface area contributed by atoms with Crippen LogP contribution in [0.3, 0.4) is 0 Å². The van der Waals surface area contributed by atoms with Gasteiger partial charge in [-0.3, -0.25) is 14.6 Å². The normalized spacial score (nSPS) is 16.7. The number of hydrogen-bond acceptors (Lipinski definition) is 4. The van der Waals surface area contributed by atoms with E-state index < -0.39 is 0 Å². The van der Waals surface area contributed by atoms with Crippen LogP contribution in [0.5, 0.6) is 5.75 Å². The summed E-state index contributed by atoms with van der Waals surface area (Å²) in [5, 5.41) is 2.83. The van der Waals surface area contributed by atoms with Gasteiger partial charge in [-0.15, -0.1) is 0 Å². The van der Waals surface area contributed by atoms with Crippen LogP contribution in [-0.2, 0) is 0 Å². The standard InChI is InChI=1S/C22H27N3O3/c1-15(2)28-20-9-5-4-8-18(20)24-21(26)19-13-17(10-11-23-19)22(27)25-12-6-7-16(3)14-25/h4-5,8-11,13,15-16H,6-7,12,14H2,1-3H3,(H,24,26). The van der Waals surface area contributed by atoms with Crippen LogP contribution in [-0.4, -0.2) is 40.9 Å². The number of hydrogen-bond donors (Lipinski definition) is 1. The van der Waals surface area contributed by atoms with Crippen molar-refractivity contribution in [3.05, 3.63) is 53.9 Å². The van der Waals surface area contributed by atoms with Gasteiger partial charge in [0, 0.05) is 24.8 Å². The van der Waals surface area contributed by atoms with Crippen molar-refractivity contribution < 1.29 is 14.3 Å². The largest absolute Gasteiger partial charge is 0.489 e. The lowest BCUT2D eigenvalue weighted by atomic mass is 9.99. The summed E-state index contributed by atoms with van der Waals surface area (Å²) in [6, 6.07) is 10.5. The molecule has 1 saturated heterocycles. The maximum Gasteiger partial charge on any atom is 0.274 e. The number of pyridine rings is 1. The van der Waals surface area contributed by atoms with Gasteiger partial charge >= 0.3 is 0 Å². The smallest absolute Gasteiger partial charge is 0.274 e. The summed E-state index contributed by atoms with van der Waals surface area (Å²) < 4.78 is 5.74. The number of nitrogens with one attached hydrogen (secondary N) is 1. The van der Waals surface area contributed by atoms with Crippen molar-refractivity contribution in [3.63, 3.8) is 0 Å². The van der Waals surface area contributed by atoms with Gasteiger partial charge in [0.2, 0.25) is 0 Å². The van der Waals surface area contributed by atoms with E-state index in [1.807, 2.05) is 30.9 Å². The number of amides is 2. The molecule has 0 saturated carbocycles. The number of likely N-dealkylation sites (tertiary alicyclic amines) is 1. The minimum atomic E-state index is -0.374. The first kappa shape index (κ1) is 19.9. The lowest BCUT2D eigenvalue weighted by Gasteiger charge is -2.31. The van der Waals surface area contributed by atoms with Crippen molar-refractivity contribution in [2.75, 3.05) is 18.4 Å². The third kappa shape index (κ3) is 4.88. The van der Waals surface area contributed by atoms with Crippen molar-refractivity contribution in [2.24, 2.45) is 5.92 Å². The predicted octanol–water partition coefficient (Wildman–Crippen LogP) is 3.99. The molecule has 0 radical (unpaired) electrons. The first-order valence-corrected chi connectivity index (χ1v) is 9.76. The fraction of sp³-hybridized carbons (Fsp3) is 0.409. The van der Waals surface area contributed by atoms with Gasteiger partial charge in [-0.1, -0.05) is 19.1 Å². The van der Waals surface area contributed by atoms with Gasteiger partial charge < -0.3 is 15.0 Å². The van der Waals surface area contributed by atoms with Crippen LogP contribution in [0.4, 0.5) is 5.69 Å². The fourth-order valence-electron chi connectivity index (χ4n) is 3.36. The van der Waals surface area contributed by atoms with Crippen LogP contribution in [0.25, 0.3) is 0 Å². The van der Waals surface area contributed by atoms with E-state index in [0.29, 0.717) is 22.9 Å². The van der Waals surface area contributed by atoms with Gasteiger partial charge in [0.15, 0.2) is 0 Å². The number of nitrogens with zero attached hydrogens (tertiary/aromatic N) is 2. The molecule has 2 amide bonds. The van der Waals surface area contributed by atoms with Crippen molar-refractivity contribution in [1.82, 2.24) is 9.88 Å². The van der Waals surface area contributed by atoms with Crippen molar-refractivity contribution in [2.45, 2.75) is 39.7 Å². The number of rotatable bonds is 5. The Balaban J connectivity index is 1.75. The molecule has 1 N–H and O–H groups in total. The third-order valence-corrected chi connectivity index (χ3v) is 4.68. The van der Waals surface area contributed by atoms with Crippen LogP contribution in [0.2, 0.25) is 0 Å². The second-order valence-corrected chi connectivity index (χ2v) is 7.55. The molecule has 1 aliphatic rings. The molecule has 0 spiro atoms. The maximum atomic E-state index is 12.8. The molecule has 1 aliphatic heterocycles. The first-order valence-electron chi connectivity index (χ1n) is 9.76. The van der Waals surface area contributed by atoms with E-state index in [-0.39, 0.29) is 23.6 Å². The topological polar surface area (TPSA) is 71.5 Å². The molecule has 6 heteroatoms. The van der Waals surface area contributed by atoms with Crippen LogP contribution in [0.1, 0.15) is 54.5 Å². The molecule has 0 bridgehead atoms. The van der Waals surface area contributed by atoms with E-state index >= 15 is 0 Å². The van der Waals surface area contributed by atoms with E-state index in [1.165, 1.54) is 6.20 Å². The summed E-state index contributed by atoms with van der Waals surface area (Å²) in [6.07, 6.45) is 3.65. The fourth-order valence-corrected chi connectivity index (χ4v) is 3.36. The lowest BCUT2D eigenvalue weighted by Crippen LogP contribution is -2.39. The highest BCUT2D eigenvalue weighted by molar-refractivity contribution is 6.05. The molecule has 148 valence electrons. The monoisotopic (exact) mass is 381 g/mol. The molecule has 0 aliphatic carbocycles. The van der Waals surface area contributed by atoms with Crippen LogP contribution < -0.4 is 10.1 Å². The van der Waals surface area contributed by atoms with Gasteiger partial charge in [0.05, 0.1) is 11.8 Å². The average molecular weight is 381 g/mol. The highest BCUT2D eigenvalue weighted by atomic mass is 16.5.